The van der Waals surface area contributed by atoms with Gasteiger partial charge in [-0.25, -0.2) is 0 Å². The SMILES string of the molecule is Cc1cc(C)c(COC(=O)CC2=CC(=O)NC2=O)c(C)c1. The van der Waals surface area contributed by atoms with E-state index >= 15 is 0 Å². The summed E-state index contributed by atoms with van der Waals surface area (Å²) >= 11 is 0. The predicted octanol–water partition coefficient (Wildman–Crippen LogP) is 1.63. The number of amides is 2. The van der Waals surface area contributed by atoms with Crippen LogP contribution < -0.4 is 5.32 Å². The monoisotopic (exact) mass is 287 g/mol. The smallest absolute Gasteiger partial charge is 0.310 e. The quantitative estimate of drug-likeness (QED) is 0.675. The summed E-state index contributed by atoms with van der Waals surface area (Å²) < 4.78 is 5.20. The summed E-state index contributed by atoms with van der Waals surface area (Å²) in [5.74, 6) is -1.54. The molecule has 0 saturated carbocycles. The third-order valence-electron chi connectivity index (χ3n) is 3.39. The Bertz CT molecular complexity index is 635. The fraction of sp³-hybridized carbons (Fsp3) is 0.312. The number of rotatable bonds is 4. The van der Waals surface area contributed by atoms with Gasteiger partial charge in [-0.3, -0.25) is 19.7 Å². The summed E-state index contributed by atoms with van der Waals surface area (Å²) in [5.41, 5.74) is 4.39. The lowest BCUT2D eigenvalue weighted by molar-refractivity contribution is -0.144. The van der Waals surface area contributed by atoms with Crippen molar-refractivity contribution in [3.63, 3.8) is 0 Å². The standard InChI is InChI=1S/C16H17NO4/c1-9-4-10(2)13(11(3)5-9)8-21-15(19)7-12-6-14(18)17-16(12)20/h4-6H,7-8H2,1-3H3,(H,17,18,20). The van der Waals surface area contributed by atoms with E-state index in [-0.39, 0.29) is 18.6 Å². The maximum atomic E-state index is 11.8. The Labute approximate surface area is 123 Å². The second-order valence-corrected chi connectivity index (χ2v) is 5.20. The second kappa shape index (κ2) is 5.91. The van der Waals surface area contributed by atoms with E-state index in [1.54, 1.807) is 0 Å². The minimum Gasteiger partial charge on any atom is -0.461 e. The van der Waals surface area contributed by atoms with Crippen molar-refractivity contribution in [2.45, 2.75) is 33.8 Å². The molecule has 2 amide bonds. The van der Waals surface area contributed by atoms with Gasteiger partial charge < -0.3 is 4.74 Å². The number of esters is 1. The van der Waals surface area contributed by atoms with Crippen molar-refractivity contribution in [1.82, 2.24) is 5.32 Å². The molecule has 21 heavy (non-hydrogen) atoms. The van der Waals surface area contributed by atoms with Crippen LogP contribution >= 0.6 is 0 Å². The first-order valence-corrected chi connectivity index (χ1v) is 6.65. The van der Waals surface area contributed by atoms with Crippen molar-refractivity contribution >= 4 is 17.8 Å². The molecule has 1 aromatic carbocycles. The zero-order valence-electron chi connectivity index (χ0n) is 12.3. The molecule has 0 aromatic heterocycles. The van der Waals surface area contributed by atoms with Crippen LogP contribution in [0.2, 0.25) is 0 Å². The molecule has 5 heteroatoms. The summed E-state index contributed by atoms with van der Waals surface area (Å²) in [5, 5.41) is 2.09. The summed E-state index contributed by atoms with van der Waals surface area (Å²) in [6.45, 7) is 6.11. The number of ether oxygens (including phenoxy) is 1. The van der Waals surface area contributed by atoms with Crippen molar-refractivity contribution in [3.05, 3.63) is 46.0 Å². The normalized spacial score (nSPS) is 14.0. The maximum absolute atomic E-state index is 11.8. The number of carbonyl (C=O) groups excluding carboxylic acids is 3. The fourth-order valence-corrected chi connectivity index (χ4v) is 2.38. The number of nitrogens with one attached hydrogen (secondary N) is 1. The molecule has 5 nitrogen and oxygen atoms in total. The molecular weight excluding hydrogens is 270 g/mol. The Hall–Kier alpha value is -2.43. The largest absolute Gasteiger partial charge is 0.461 e. The molecule has 110 valence electrons. The number of carbonyl (C=O) groups is 3. The summed E-state index contributed by atoms with van der Waals surface area (Å²) in [6.07, 6.45) is 0.938. The zero-order valence-corrected chi connectivity index (χ0v) is 12.3. The Morgan fingerprint density at radius 2 is 1.76 bits per heavy atom. The Kier molecular flexibility index (Phi) is 4.21. The Balaban J connectivity index is 1.98. The number of hydrogen-bond donors (Lipinski definition) is 1. The van der Waals surface area contributed by atoms with Gasteiger partial charge in [0.2, 0.25) is 0 Å². The molecule has 1 heterocycles. The van der Waals surface area contributed by atoms with Gasteiger partial charge in [0.1, 0.15) is 6.61 Å². The summed E-state index contributed by atoms with van der Waals surface area (Å²) in [4.78, 5) is 34.1. The molecule has 0 aliphatic carbocycles. The van der Waals surface area contributed by atoms with Gasteiger partial charge in [0.25, 0.3) is 11.8 Å². The van der Waals surface area contributed by atoms with Crippen molar-refractivity contribution < 1.29 is 19.1 Å². The highest BCUT2D eigenvalue weighted by atomic mass is 16.5. The molecule has 2 rings (SSSR count). The Morgan fingerprint density at radius 3 is 2.29 bits per heavy atom. The van der Waals surface area contributed by atoms with Gasteiger partial charge in [-0.1, -0.05) is 17.7 Å². The van der Waals surface area contributed by atoms with Crippen molar-refractivity contribution in [3.8, 4) is 0 Å². The molecular formula is C16H17NO4. The van der Waals surface area contributed by atoms with Crippen LogP contribution in [0, 0.1) is 20.8 Å². The Morgan fingerprint density at radius 1 is 1.14 bits per heavy atom. The van der Waals surface area contributed by atoms with Gasteiger partial charge in [-0.15, -0.1) is 0 Å². The molecule has 1 aliphatic heterocycles. The van der Waals surface area contributed by atoms with Crippen LogP contribution in [0.15, 0.2) is 23.8 Å². The summed E-state index contributed by atoms with van der Waals surface area (Å²) in [6, 6.07) is 4.06. The van der Waals surface area contributed by atoms with Crippen LogP contribution in [0.4, 0.5) is 0 Å². The van der Waals surface area contributed by atoms with E-state index in [0.717, 1.165) is 28.3 Å². The highest BCUT2D eigenvalue weighted by Crippen LogP contribution is 2.18. The van der Waals surface area contributed by atoms with Crippen LogP contribution in [0.3, 0.4) is 0 Å². The molecule has 0 spiro atoms. The topological polar surface area (TPSA) is 72.5 Å². The predicted molar refractivity (Wildman–Crippen MR) is 76.3 cm³/mol. The third-order valence-corrected chi connectivity index (χ3v) is 3.39. The average molecular weight is 287 g/mol. The molecule has 0 bridgehead atoms. The highest BCUT2D eigenvalue weighted by molar-refractivity contribution is 6.17. The van der Waals surface area contributed by atoms with E-state index in [9.17, 15) is 14.4 Å². The van der Waals surface area contributed by atoms with Crippen molar-refractivity contribution in [1.29, 1.82) is 0 Å². The van der Waals surface area contributed by atoms with Crippen molar-refractivity contribution in [2.24, 2.45) is 0 Å². The molecule has 0 radical (unpaired) electrons. The average Bonchev–Trinajstić information content (AvgIpc) is 2.66. The second-order valence-electron chi connectivity index (χ2n) is 5.20. The number of aryl methyl sites for hydroxylation is 3. The minimum atomic E-state index is -0.528. The molecule has 1 aliphatic rings. The first kappa shape index (κ1) is 15.0. The van der Waals surface area contributed by atoms with Gasteiger partial charge in [0, 0.05) is 11.6 Å². The van der Waals surface area contributed by atoms with E-state index in [2.05, 4.69) is 5.32 Å². The first-order chi connectivity index (χ1) is 9.86. The van der Waals surface area contributed by atoms with Crippen LogP contribution in [0.25, 0.3) is 0 Å². The lowest BCUT2D eigenvalue weighted by atomic mass is 10.0. The maximum Gasteiger partial charge on any atom is 0.310 e. The molecule has 1 N–H and O–H groups in total. The fourth-order valence-electron chi connectivity index (χ4n) is 2.38. The van der Waals surface area contributed by atoms with E-state index < -0.39 is 17.8 Å². The number of hydrogen-bond acceptors (Lipinski definition) is 4. The van der Waals surface area contributed by atoms with Crippen LogP contribution in [0.5, 0.6) is 0 Å². The highest BCUT2D eigenvalue weighted by Gasteiger charge is 2.23. The third kappa shape index (κ3) is 3.56. The lowest BCUT2D eigenvalue weighted by Crippen LogP contribution is -2.23. The molecule has 0 atom stereocenters. The van der Waals surface area contributed by atoms with E-state index in [4.69, 9.17) is 4.74 Å². The first-order valence-electron chi connectivity index (χ1n) is 6.65. The molecule has 0 unspecified atom stereocenters. The van der Waals surface area contributed by atoms with Crippen LogP contribution in [-0.4, -0.2) is 17.8 Å². The lowest BCUT2D eigenvalue weighted by Gasteiger charge is -2.12. The van der Waals surface area contributed by atoms with Crippen LogP contribution in [0.1, 0.15) is 28.7 Å². The van der Waals surface area contributed by atoms with E-state index in [1.807, 2.05) is 32.9 Å². The van der Waals surface area contributed by atoms with Gasteiger partial charge in [-0.2, -0.15) is 0 Å². The van der Waals surface area contributed by atoms with Gasteiger partial charge in [-0.05, 0) is 37.5 Å². The number of benzene rings is 1. The van der Waals surface area contributed by atoms with Crippen LogP contribution in [-0.2, 0) is 25.7 Å². The zero-order chi connectivity index (χ0) is 15.6. The van der Waals surface area contributed by atoms with Crippen molar-refractivity contribution in [2.75, 3.05) is 0 Å². The molecule has 1 aromatic rings. The van der Waals surface area contributed by atoms with Gasteiger partial charge in [0.05, 0.1) is 6.42 Å². The molecule has 0 saturated heterocycles. The van der Waals surface area contributed by atoms with E-state index in [1.165, 1.54) is 0 Å². The number of imide groups is 1. The van der Waals surface area contributed by atoms with E-state index in [0.29, 0.717) is 0 Å². The minimum absolute atomic E-state index is 0.141. The molecule has 0 fully saturated rings. The summed E-state index contributed by atoms with van der Waals surface area (Å²) in [7, 11) is 0. The van der Waals surface area contributed by atoms with Gasteiger partial charge >= 0.3 is 5.97 Å². The van der Waals surface area contributed by atoms with Gasteiger partial charge in [0.15, 0.2) is 0 Å².